The number of aromatic nitrogens is 2. The number of rotatable bonds is 5. The Morgan fingerprint density at radius 3 is 2.62 bits per heavy atom. The van der Waals surface area contributed by atoms with E-state index in [-0.39, 0.29) is 11.9 Å². The van der Waals surface area contributed by atoms with Gasteiger partial charge in [-0.3, -0.25) is 9.78 Å². The number of nitrogens with one attached hydrogen (secondary N) is 1. The lowest BCUT2D eigenvalue weighted by molar-refractivity contribution is -0.121. The van der Waals surface area contributed by atoms with Crippen LogP contribution in [0.25, 0.3) is 11.1 Å². The Kier molecular flexibility index (Phi) is 5.01. The summed E-state index contributed by atoms with van der Waals surface area (Å²) in [5, 5.41) is 5.94. The molecule has 0 aliphatic rings. The van der Waals surface area contributed by atoms with Crippen molar-refractivity contribution in [2.45, 2.75) is 26.3 Å². The quantitative estimate of drug-likeness (QED) is 0.767. The standard InChI is InChI=1S/C19H19N3OS/c1-13(21-19(23)10-18-12-24-14(2)22-18)15-5-7-16(8-6-15)17-4-3-9-20-11-17/h3-9,11-13H,10H2,1-2H3,(H,21,23)/t13-/m1/s1. The van der Waals surface area contributed by atoms with Crippen molar-refractivity contribution in [3.63, 3.8) is 0 Å². The molecule has 2 heterocycles. The van der Waals surface area contributed by atoms with Gasteiger partial charge in [-0.05, 0) is 36.6 Å². The van der Waals surface area contributed by atoms with Crippen LogP contribution in [0.4, 0.5) is 0 Å². The summed E-state index contributed by atoms with van der Waals surface area (Å²) in [6.07, 6.45) is 3.93. The van der Waals surface area contributed by atoms with Gasteiger partial charge in [0.1, 0.15) is 0 Å². The largest absolute Gasteiger partial charge is 0.349 e. The molecule has 2 aromatic heterocycles. The number of aryl methyl sites for hydroxylation is 1. The molecule has 0 aliphatic heterocycles. The predicted octanol–water partition coefficient (Wildman–Crippen LogP) is 3.93. The monoisotopic (exact) mass is 337 g/mol. The third kappa shape index (κ3) is 4.06. The summed E-state index contributed by atoms with van der Waals surface area (Å²) in [6, 6.07) is 12.1. The molecule has 1 atom stereocenters. The summed E-state index contributed by atoms with van der Waals surface area (Å²) in [5.74, 6) is -0.0101. The zero-order valence-corrected chi connectivity index (χ0v) is 14.5. The first-order chi connectivity index (χ1) is 11.6. The second-order valence-electron chi connectivity index (χ2n) is 5.69. The average molecular weight is 337 g/mol. The lowest BCUT2D eigenvalue weighted by atomic mass is 10.0. The number of carbonyl (C=O) groups is 1. The maximum atomic E-state index is 12.1. The number of amides is 1. The van der Waals surface area contributed by atoms with Gasteiger partial charge in [-0.25, -0.2) is 4.98 Å². The zero-order chi connectivity index (χ0) is 16.9. The molecule has 0 aliphatic carbocycles. The van der Waals surface area contributed by atoms with Crippen molar-refractivity contribution < 1.29 is 4.79 Å². The summed E-state index contributed by atoms with van der Waals surface area (Å²) >= 11 is 1.56. The second-order valence-corrected chi connectivity index (χ2v) is 6.75. The van der Waals surface area contributed by atoms with Gasteiger partial charge in [0.05, 0.1) is 23.2 Å². The van der Waals surface area contributed by atoms with Gasteiger partial charge in [-0.2, -0.15) is 0 Å². The fraction of sp³-hybridized carbons (Fsp3) is 0.211. The minimum absolute atomic E-state index is 0.0101. The highest BCUT2D eigenvalue weighted by atomic mass is 32.1. The summed E-state index contributed by atoms with van der Waals surface area (Å²) in [7, 11) is 0. The van der Waals surface area contributed by atoms with E-state index in [0.29, 0.717) is 6.42 Å². The molecule has 4 nitrogen and oxygen atoms in total. The van der Waals surface area contributed by atoms with Crippen LogP contribution in [-0.2, 0) is 11.2 Å². The lowest BCUT2D eigenvalue weighted by Crippen LogP contribution is -2.28. The molecule has 0 saturated carbocycles. The molecule has 0 saturated heterocycles. The van der Waals surface area contributed by atoms with Crippen molar-refractivity contribution in [1.82, 2.24) is 15.3 Å². The van der Waals surface area contributed by atoms with E-state index in [4.69, 9.17) is 0 Å². The molecule has 5 heteroatoms. The molecule has 0 unspecified atom stereocenters. The van der Waals surface area contributed by atoms with Gasteiger partial charge in [0.2, 0.25) is 5.91 Å². The van der Waals surface area contributed by atoms with Crippen LogP contribution >= 0.6 is 11.3 Å². The Balaban J connectivity index is 1.62. The zero-order valence-electron chi connectivity index (χ0n) is 13.7. The molecule has 3 rings (SSSR count). The van der Waals surface area contributed by atoms with E-state index >= 15 is 0 Å². The number of pyridine rings is 1. The summed E-state index contributed by atoms with van der Waals surface area (Å²) in [4.78, 5) is 20.6. The first-order valence-electron chi connectivity index (χ1n) is 7.82. The number of nitrogens with zero attached hydrogens (tertiary/aromatic N) is 2. The first-order valence-corrected chi connectivity index (χ1v) is 8.70. The predicted molar refractivity (Wildman–Crippen MR) is 96.8 cm³/mol. The summed E-state index contributed by atoms with van der Waals surface area (Å²) in [6.45, 7) is 3.93. The van der Waals surface area contributed by atoms with Gasteiger partial charge in [-0.1, -0.05) is 30.3 Å². The van der Waals surface area contributed by atoms with Crippen molar-refractivity contribution in [3.8, 4) is 11.1 Å². The third-order valence-corrected chi connectivity index (χ3v) is 4.61. The van der Waals surface area contributed by atoms with Gasteiger partial charge in [0, 0.05) is 17.8 Å². The molecule has 24 heavy (non-hydrogen) atoms. The first kappa shape index (κ1) is 16.3. The summed E-state index contributed by atoms with van der Waals surface area (Å²) < 4.78 is 0. The van der Waals surface area contributed by atoms with Gasteiger partial charge in [-0.15, -0.1) is 11.3 Å². The molecule has 1 amide bonds. The van der Waals surface area contributed by atoms with Crippen LogP contribution in [0.1, 0.15) is 29.2 Å². The van der Waals surface area contributed by atoms with Crippen LogP contribution in [0, 0.1) is 6.92 Å². The van der Waals surface area contributed by atoms with Gasteiger partial charge in [0.15, 0.2) is 0 Å². The summed E-state index contributed by atoms with van der Waals surface area (Å²) in [5.41, 5.74) is 4.10. The van der Waals surface area contributed by atoms with Crippen LogP contribution in [0.5, 0.6) is 0 Å². The van der Waals surface area contributed by atoms with E-state index in [2.05, 4.69) is 27.4 Å². The van der Waals surface area contributed by atoms with Crippen molar-refractivity contribution in [2.24, 2.45) is 0 Å². The highest BCUT2D eigenvalue weighted by Crippen LogP contribution is 2.21. The van der Waals surface area contributed by atoms with Crippen molar-refractivity contribution >= 4 is 17.2 Å². The molecule has 1 N–H and O–H groups in total. The molecular formula is C19H19N3OS. The minimum atomic E-state index is -0.0415. The van der Waals surface area contributed by atoms with E-state index in [1.807, 2.05) is 49.7 Å². The van der Waals surface area contributed by atoms with Crippen LogP contribution in [0.3, 0.4) is 0 Å². The van der Waals surface area contributed by atoms with Crippen molar-refractivity contribution in [1.29, 1.82) is 0 Å². The Morgan fingerprint density at radius 1 is 1.21 bits per heavy atom. The molecule has 0 radical (unpaired) electrons. The molecular weight excluding hydrogens is 318 g/mol. The Labute approximate surface area is 145 Å². The van der Waals surface area contributed by atoms with Gasteiger partial charge in [0.25, 0.3) is 0 Å². The van der Waals surface area contributed by atoms with E-state index in [1.165, 1.54) is 0 Å². The van der Waals surface area contributed by atoms with Crippen LogP contribution in [0.2, 0.25) is 0 Å². The van der Waals surface area contributed by atoms with E-state index in [1.54, 1.807) is 17.5 Å². The molecule has 0 fully saturated rings. The Bertz CT molecular complexity index is 812. The third-order valence-electron chi connectivity index (χ3n) is 3.79. The van der Waals surface area contributed by atoms with Crippen LogP contribution < -0.4 is 5.32 Å². The molecule has 122 valence electrons. The van der Waals surface area contributed by atoms with Crippen LogP contribution in [0.15, 0.2) is 54.2 Å². The SMILES string of the molecule is Cc1nc(CC(=O)N[C@H](C)c2ccc(-c3cccnc3)cc2)cs1. The normalized spacial score (nSPS) is 11.9. The fourth-order valence-electron chi connectivity index (χ4n) is 2.53. The van der Waals surface area contributed by atoms with E-state index < -0.39 is 0 Å². The lowest BCUT2D eigenvalue weighted by Gasteiger charge is -2.14. The molecule has 3 aromatic rings. The Hall–Kier alpha value is -2.53. The number of hydrogen-bond donors (Lipinski definition) is 1. The Morgan fingerprint density at radius 2 is 2.00 bits per heavy atom. The number of benzene rings is 1. The van der Waals surface area contributed by atoms with Crippen molar-refractivity contribution in [3.05, 3.63) is 70.4 Å². The number of thiazole rings is 1. The smallest absolute Gasteiger partial charge is 0.226 e. The maximum absolute atomic E-state index is 12.1. The fourth-order valence-corrected chi connectivity index (χ4v) is 3.14. The highest BCUT2D eigenvalue weighted by molar-refractivity contribution is 7.09. The topological polar surface area (TPSA) is 54.9 Å². The highest BCUT2D eigenvalue weighted by Gasteiger charge is 2.11. The van der Waals surface area contributed by atoms with Crippen LogP contribution in [-0.4, -0.2) is 15.9 Å². The molecule has 1 aromatic carbocycles. The maximum Gasteiger partial charge on any atom is 0.226 e. The van der Waals surface area contributed by atoms with E-state index in [0.717, 1.165) is 27.4 Å². The second kappa shape index (κ2) is 7.36. The van der Waals surface area contributed by atoms with Gasteiger partial charge < -0.3 is 5.32 Å². The number of hydrogen-bond acceptors (Lipinski definition) is 4. The average Bonchev–Trinajstić information content (AvgIpc) is 3.00. The molecule has 0 bridgehead atoms. The molecule has 0 spiro atoms. The van der Waals surface area contributed by atoms with E-state index in [9.17, 15) is 4.79 Å². The number of carbonyl (C=O) groups excluding carboxylic acids is 1. The minimum Gasteiger partial charge on any atom is -0.349 e. The van der Waals surface area contributed by atoms with Crippen molar-refractivity contribution in [2.75, 3.05) is 0 Å². The van der Waals surface area contributed by atoms with Gasteiger partial charge >= 0.3 is 0 Å².